The third-order valence-corrected chi connectivity index (χ3v) is 3.58. The lowest BCUT2D eigenvalue weighted by Crippen LogP contribution is -2.25. The quantitative estimate of drug-likeness (QED) is 0.838. The normalized spacial score (nSPS) is 12.1. The number of hydrogen-bond acceptors (Lipinski definition) is 3. The molecule has 0 amide bonds. The first-order chi connectivity index (χ1) is 10.2. The summed E-state index contributed by atoms with van der Waals surface area (Å²) in [6.07, 6.45) is 3.69. The Morgan fingerprint density at radius 1 is 1.29 bits per heavy atom. The van der Waals surface area contributed by atoms with Gasteiger partial charge in [-0.1, -0.05) is 24.6 Å². The summed E-state index contributed by atoms with van der Waals surface area (Å²) in [6.45, 7) is 3.09. The smallest absolute Gasteiger partial charge is 0.123 e. The van der Waals surface area contributed by atoms with Crippen molar-refractivity contribution in [3.05, 3.63) is 58.9 Å². The predicted octanol–water partition coefficient (Wildman–Crippen LogP) is 4.03. The van der Waals surface area contributed by atoms with E-state index in [-0.39, 0.29) is 6.04 Å². The zero-order valence-electron chi connectivity index (χ0n) is 12.5. The van der Waals surface area contributed by atoms with Crippen molar-refractivity contribution in [3.63, 3.8) is 0 Å². The molecule has 4 heteroatoms. The number of hydrogen-bond donors (Lipinski definition) is 1. The Hall–Kier alpha value is -1.58. The summed E-state index contributed by atoms with van der Waals surface area (Å²) in [7, 11) is 1.68. The number of pyridine rings is 1. The van der Waals surface area contributed by atoms with E-state index in [0.717, 1.165) is 41.4 Å². The van der Waals surface area contributed by atoms with Crippen LogP contribution in [0.1, 0.15) is 30.6 Å². The van der Waals surface area contributed by atoms with Crippen molar-refractivity contribution in [2.75, 3.05) is 13.7 Å². The molecule has 0 bridgehead atoms. The lowest BCUT2D eigenvalue weighted by atomic mass is 10.00. The first-order valence-corrected chi connectivity index (χ1v) is 7.59. The summed E-state index contributed by atoms with van der Waals surface area (Å²) in [5, 5.41) is 4.28. The van der Waals surface area contributed by atoms with E-state index in [4.69, 9.17) is 16.3 Å². The van der Waals surface area contributed by atoms with Gasteiger partial charge in [0, 0.05) is 34.9 Å². The summed E-state index contributed by atoms with van der Waals surface area (Å²) >= 11 is 6.16. The topological polar surface area (TPSA) is 34.2 Å². The van der Waals surface area contributed by atoms with Crippen LogP contribution >= 0.6 is 11.6 Å². The van der Waals surface area contributed by atoms with Crippen molar-refractivity contribution in [1.82, 2.24) is 10.3 Å². The van der Waals surface area contributed by atoms with E-state index in [1.807, 2.05) is 42.6 Å². The van der Waals surface area contributed by atoms with Gasteiger partial charge in [-0.05, 0) is 43.3 Å². The number of methoxy groups -OCH3 is 1. The summed E-state index contributed by atoms with van der Waals surface area (Å²) in [4.78, 5) is 4.42. The molecule has 1 atom stereocenters. The lowest BCUT2D eigenvalue weighted by molar-refractivity contribution is 0.397. The van der Waals surface area contributed by atoms with Gasteiger partial charge in [0.25, 0.3) is 0 Å². The van der Waals surface area contributed by atoms with E-state index in [1.54, 1.807) is 7.11 Å². The standard InChI is InChI=1S/C17H21ClN2O/c1-3-9-20-16(12-14-6-4-5-10-19-14)15-11-13(18)7-8-17(15)21-2/h4-8,10-11,16,20H,3,9,12H2,1-2H3. The zero-order valence-corrected chi connectivity index (χ0v) is 13.2. The van der Waals surface area contributed by atoms with Gasteiger partial charge in [0.15, 0.2) is 0 Å². The van der Waals surface area contributed by atoms with Crippen LogP contribution in [0.5, 0.6) is 5.75 Å². The van der Waals surface area contributed by atoms with Crippen molar-refractivity contribution in [2.45, 2.75) is 25.8 Å². The summed E-state index contributed by atoms with van der Waals surface area (Å²) in [5.41, 5.74) is 2.12. The molecule has 1 aromatic heterocycles. The van der Waals surface area contributed by atoms with E-state index in [9.17, 15) is 0 Å². The second-order valence-electron chi connectivity index (χ2n) is 4.92. The summed E-state index contributed by atoms with van der Waals surface area (Å²) in [6, 6.07) is 11.8. The third kappa shape index (κ3) is 4.45. The maximum absolute atomic E-state index is 6.16. The molecule has 1 N–H and O–H groups in total. The Kier molecular flexibility index (Phi) is 6.03. The SMILES string of the molecule is CCCNC(Cc1ccccn1)c1cc(Cl)ccc1OC. The van der Waals surface area contributed by atoms with Crippen molar-refractivity contribution in [2.24, 2.45) is 0 Å². The second-order valence-corrected chi connectivity index (χ2v) is 5.35. The van der Waals surface area contributed by atoms with Gasteiger partial charge in [-0.2, -0.15) is 0 Å². The Morgan fingerprint density at radius 3 is 2.81 bits per heavy atom. The fraction of sp³-hybridized carbons (Fsp3) is 0.353. The first-order valence-electron chi connectivity index (χ1n) is 7.21. The molecule has 0 aliphatic rings. The highest BCUT2D eigenvalue weighted by molar-refractivity contribution is 6.30. The number of nitrogens with one attached hydrogen (secondary N) is 1. The molecule has 0 radical (unpaired) electrons. The fourth-order valence-corrected chi connectivity index (χ4v) is 2.50. The minimum atomic E-state index is 0.133. The Labute approximate surface area is 131 Å². The van der Waals surface area contributed by atoms with Gasteiger partial charge in [0.05, 0.1) is 7.11 Å². The molecule has 0 aliphatic heterocycles. The fourth-order valence-electron chi connectivity index (χ4n) is 2.32. The van der Waals surface area contributed by atoms with Crippen LogP contribution in [0.3, 0.4) is 0 Å². The molecule has 2 rings (SSSR count). The van der Waals surface area contributed by atoms with Crippen molar-refractivity contribution >= 4 is 11.6 Å². The van der Waals surface area contributed by atoms with E-state index < -0.39 is 0 Å². The molecular weight excluding hydrogens is 284 g/mol. The molecule has 112 valence electrons. The molecule has 0 saturated heterocycles. The highest BCUT2D eigenvalue weighted by Gasteiger charge is 2.17. The molecule has 1 heterocycles. The van der Waals surface area contributed by atoms with Crippen LogP contribution in [-0.4, -0.2) is 18.6 Å². The Balaban J connectivity index is 2.28. The molecule has 0 fully saturated rings. The van der Waals surface area contributed by atoms with E-state index in [1.165, 1.54) is 0 Å². The highest BCUT2D eigenvalue weighted by atomic mass is 35.5. The molecule has 0 aliphatic carbocycles. The number of ether oxygens (including phenoxy) is 1. The molecule has 2 aromatic rings. The third-order valence-electron chi connectivity index (χ3n) is 3.35. The molecule has 0 saturated carbocycles. The minimum Gasteiger partial charge on any atom is -0.496 e. The molecule has 3 nitrogen and oxygen atoms in total. The molecule has 1 aromatic carbocycles. The Morgan fingerprint density at radius 2 is 2.14 bits per heavy atom. The first kappa shape index (κ1) is 15.8. The maximum atomic E-state index is 6.16. The Bertz CT molecular complexity index is 560. The number of halogens is 1. The van der Waals surface area contributed by atoms with Crippen molar-refractivity contribution < 1.29 is 4.74 Å². The predicted molar refractivity (Wildman–Crippen MR) is 87.0 cm³/mol. The second kappa shape index (κ2) is 8.01. The lowest BCUT2D eigenvalue weighted by Gasteiger charge is -2.21. The van der Waals surface area contributed by atoms with Gasteiger partial charge in [0.2, 0.25) is 0 Å². The van der Waals surface area contributed by atoms with Crippen LogP contribution in [0, 0.1) is 0 Å². The van der Waals surface area contributed by atoms with Gasteiger partial charge in [-0.15, -0.1) is 0 Å². The number of rotatable bonds is 7. The maximum Gasteiger partial charge on any atom is 0.123 e. The minimum absolute atomic E-state index is 0.133. The molecule has 0 spiro atoms. The van der Waals surface area contributed by atoms with Crippen LogP contribution in [0.15, 0.2) is 42.6 Å². The van der Waals surface area contributed by atoms with Gasteiger partial charge in [-0.3, -0.25) is 4.98 Å². The van der Waals surface area contributed by atoms with Gasteiger partial charge >= 0.3 is 0 Å². The van der Waals surface area contributed by atoms with E-state index >= 15 is 0 Å². The number of aromatic nitrogens is 1. The van der Waals surface area contributed by atoms with Crippen molar-refractivity contribution in [3.8, 4) is 5.75 Å². The van der Waals surface area contributed by atoms with E-state index in [2.05, 4.69) is 17.2 Å². The molecule has 1 unspecified atom stereocenters. The number of nitrogens with zero attached hydrogens (tertiary/aromatic N) is 1. The van der Waals surface area contributed by atoms with Crippen LogP contribution in [-0.2, 0) is 6.42 Å². The van der Waals surface area contributed by atoms with Gasteiger partial charge in [0.1, 0.15) is 5.75 Å². The average molecular weight is 305 g/mol. The van der Waals surface area contributed by atoms with Gasteiger partial charge in [-0.25, -0.2) is 0 Å². The zero-order chi connectivity index (χ0) is 15.1. The van der Waals surface area contributed by atoms with Crippen LogP contribution in [0.4, 0.5) is 0 Å². The molecule has 21 heavy (non-hydrogen) atoms. The molecular formula is C17H21ClN2O. The van der Waals surface area contributed by atoms with Crippen LogP contribution in [0.25, 0.3) is 0 Å². The largest absolute Gasteiger partial charge is 0.496 e. The van der Waals surface area contributed by atoms with E-state index in [0.29, 0.717) is 0 Å². The van der Waals surface area contributed by atoms with Crippen LogP contribution < -0.4 is 10.1 Å². The summed E-state index contributed by atoms with van der Waals surface area (Å²) in [5.74, 6) is 0.851. The average Bonchev–Trinajstić information content (AvgIpc) is 2.52. The van der Waals surface area contributed by atoms with Gasteiger partial charge < -0.3 is 10.1 Å². The number of benzene rings is 1. The monoisotopic (exact) mass is 304 g/mol. The van der Waals surface area contributed by atoms with Crippen molar-refractivity contribution in [1.29, 1.82) is 0 Å². The highest BCUT2D eigenvalue weighted by Crippen LogP contribution is 2.30. The summed E-state index contributed by atoms with van der Waals surface area (Å²) < 4.78 is 5.48. The van der Waals surface area contributed by atoms with Crippen LogP contribution in [0.2, 0.25) is 5.02 Å².